The Hall–Kier alpha value is -2.65. The molecular formula is C21H22BrN5O2S. The smallest absolute Gasteiger partial charge is 0.251 e. The van der Waals surface area contributed by atoms with E-state index in [1.165, 1.54) is 11.8 Å². The average Bonchev–Trinajstić information content (AvgIpc) is 3.16. The van der Waals surface area contributed by atoms with Crippen molar-refractivity contribution in [3.05, 3.63) is 70.5 Å². The second-order valence-corrected chi connectivity index (χ2v) is 8.35. The summed E-state index contributed by atoms with van der Waals surface area (Å²) >= 11 is 4.70. The molecule has 0 saturated heterocycles. The molecule has 0 radical (unpaired) electrons. The van der Waals surface area contributed by atoms with Crippen molar-refractivity contribution in [2.75, 3.05) is 11.1 Å². The Morgan fingerprint density at radius 2 is 1.90 bits per heavy atom. The summed E-state index contributed by atoms with van der Waals surface area (Å²) in [7, 11) is 0. The summed E-state index contributed by atoms with van der Waals surface area (Å²) in [6.45, 7) is 4.47. The predicted molar refractivity (Wildman–Crippen MR) is 122 cm³/mol. The van der Waals surface area contributed by atoms with Crippen LogP contribution in [0.15, 0.2) is 64.2 Å². The molecule has 9 heteroatoms. The van der Waals surface area contributed by atoms with Crippen LogP contribution in [0.3, 0.4) is 0 Å². The number of halogens is 1. The van der Waals surface area contributed by atoms with Gasteiger partial charge < -0.3 is 15.2 Å². The van der Waals surface area contributed by atoms with E-state index in [-0.39, 0.29) is 23.6 Å². The number of carbonyl (C=O) groups is 2. The van der Waals surface area contributed by atoms with Gasteiger partial charge in [-0.25, -0.2) is 0 Å². The Balaban J connectivity index is 1.62. The molecule has 3 rings (SSSR count). The molecule has 156 valence electrons. The number of benzene rings is 2. The number of anilines is 1. The summed E-state index contributed by atoms with van der Waals surface area (Å²) in [4.78, 5) is 24.7. The average molecular weight is 488 g/mol. The van der Waals surface area contributed by atoms with Gasteiger partial charge in [0.1, 0.15) is 0 Å². The van der Waals surface area contributed by atoms with Gasteiger partial charge in [0, 0.05) is 22.3 Å². The zero-order valence-corrected chi connectivity index (χ0v) is 19.0. The van der Waals surface area contributed by atoms with Crippen LogP contribution in [0.1, 0.15) is 36.1 Å². The van der Waals surface area contributed by atoms with Crippen molar-refractivity contribution in [1.29, 1.82) is 0 Å². The highest BCUT2D eigenvalue weighted by atomic mass is 79.9. The van der Waals surface area contributed by atoms with Crippen LogP contribution in [0.4, 0.5) is 5.69 Å². The standard InChI is InChI=1S/C21H22BrN5O2S/c1-3-27-19(14(2)23-20(29)15-8-5-4-6-9-15)25-26-21(27)30-13-18(28)24-17-11-7-10-16(22)12-17/h4-12,14H,3,13H2,1-2H3,(H,23,29)(H,24,28)/t14-/m0/s1. The van der Waals surface area contributed by atoms with Crippen molar-refractivity contribution >= 4 is 45.2 Å². The van der Waals surface area contributed by atoms with Crippen LogP contribution in [0.2, 0.25) is 0 Å². The van der Waals surface area contributed by atoms with E-state index >= 15 is 0 Å². The number of amides is 2. The lowest BCUT2D eigenvalue weighted by molar-refractivity contribution is -0.113. The topological polar surface area (TPSA) is 88.9 Å². The summed E-state index contributed by atoms with van der Waals surface area (Å²) in [6.07, 6.45) is 0. The molecule has 0 fully saturated rings. The largest absolute Gasteiger partial charge is 0.342 e. The molecule has 2 N–H and O–H groups in total. The van der Waals surface area contributed by atoms with Gasteiger partial charge in [0.05, 0.1) is 11.8 Å². The van der Waals surface area contributed by atoms with Gasteiger partial charge in [0.2, 0.25) is 5.91 Å². The zero-order valence-electron chi connectivity index (χ0n) is 16.6. The Labute approximate surface area is 187 Å². The van der Waals surface area contributed by atoms with Crippen LogP contribution in [0, 0.1) is 0 Å². The third-order valence-electron chi connectivity index (χ3n) is 4.27. The van der Waals surface area contributed by atoms with Crippen LogP contribution in [0.5, 0.6) is 0 Å². The minimum atomic E-state index is -0.324. The first-order valence-corrected chi connectivity index (χ1v) is 11.2. The molecule has 0 spiro atoms. The fourth-order valence-electron chi connectivity index (χ4n) is 2.85. The maximum atomic E-state index is 12.4. The summed E-state index contributed by atoms with van der Waals surface area (Å²) < 4.78 is 2.81. The maximum Gasteiger partial charge on any atom is 0.251 e. The second kappa shape index (κ2) is 10.4. The third-order valence-corrected chi connectivity index (χ3v) is 5.73. The quantitative estimate of drug-likeness (QED) is 0.462. The monoisotopic (exact) mass is 487 g/mol. The van der Waals surface area contributed by atoms with Crippen molar-refractivity contribution in [1.82, 2.24) is 20.1 Å². The minimum absolute atomic E-state index is 0.129. The molecule has 2 amide bonds. The summed E-state index contributed by atoms with van der Waals surface area (Å²) in [6, 6.07) is 16.1. The fraction of sp³-hybridized carbons (Fsp3) is 0.238. The second-order valence-electron chi connectivity index (χ2n) is 6.49. The van der Waals surface area contributed by atoms with E-state index in [1.54, 1.807) is 12.1 Å². The molecule has 2 aromatic carbocycles. The first kappa shape index (κ1) is 22.0. The van der Waals surface area contributed by atoms with Gasteiger partial charge in [-0.2, -0.15) is 0 Å². The van der Waals surface area contributed by atoms with Crippen LogP contribution in [-0.4, -0.2) is 32.3 Å². The molecule has 0 saturated carbocycles. The predicted octanol–water partition coefficient (Wildman–Crippen LogP) is 4.28. The van der Waals surface area contributed by atoms with Crippen LogP contribution < -0.4 is 10.6 Å². The van der Waals surface area contributed by atoms with E-state index in [4.69, 9.17) is 0 Å². The van der Waals surface area contributed by atoms with Crippen molar-refractivity contribution in [2.24, 2.45) is 0 Å². The number of thioether (sulfide) groups is 1. The molecule has 0 unspecified atom stereocenters. The van der Waals surface area contributed by atoms with Gasteiger partial charge in [-0.05, 0) is 44.2 Å². The van der Waals surface area contributed by atoms with Crippen molar-refractivity contribution in [3.63, 3.8) is 0 Å². The number of nitrogens with zero attached hydrogens (tertiary/aromatic N) is 3. The third kappa shape index (κ3) is 5.70. The molecule has 0 bridgehead atoms. The Kier molecular flexibility index (Phi) is 7.64. The molecular weight excluding hydrogens is 466 g/mol. The molecule has 1 atom stereocenters. The fourth-order valence-corrected chi connectivity index (χ4v) is 4.06. The summed E-state index contributed by atoms with van der Waals surface area (Å²) in [5, 5.41) is 14.9. The Morgan fingerprint density at radius 1 is 1.13 bits per heavy atom. The van der Waals surface area contributed by atoms with Gasteiger partial charge in [-0.1, -0.05) is 52.0 Å². The lowest BCUT2D eigenvalue weighted by atomic mass is 10.2. The number of hydrogen-bond acceptors (Lipinski definition) is 5. The Bertz CT molecular complexity index is 1030. The molecule has 0 aliphatic rings. The van der Waals surface area contributed by atoms with Gasteiger partial charge in [-0.15, -0.1) is 10.2 Å². The molecule has 1 heterocycles. The number of hydrogen-bond donors (Lipinski definition) is 2. The van der Waals surface area contributed by atoms with Gasteiger partial charge >= 0.3 is 0 Å². The Morgan fingerprint density at radius 3 is 2.60 bits per heavy atom. The highest BCUT2D eigenvalue weighted by molar-refractivity contribution is 9.10. The number of aromatic nitrogens is 3. The van der Waals surface area contributed by atoms with E-state index in [0.717, 1.165) is 10.2 Å². The van der Waals surface area contributed by atoms with E-state index in [2.05, 4.69) is 36.8 Å². The highest BCUT2D eigenvalue weighted by Crippen LogP contribution is 2.22. The van der Waals surface area contributed by atoms with Crippen molar-refractivity contribution in [3.8, 4) is 0 Å². The van der Waals surface area contributed by atoms with E-state index in [9.17, 15) is 9.59 Å². The molecule has 30 heavy (non-hydrogen) atoms. The number of rotatable bonds is 8. The van der Waals surface area contributed by atoms with E-state index in [1.807, 2.05) is 60.9 Å². The lowest BCUT2D eigenvalue weighted by Crippen LogP contribution is -2.28. The van der Waals surface area contributed by atoms with Crippen LogP contribution >= 0.6 is 27.7 Å². The van der Waals surface area contributed by atoms with Crippen LogP contribution in [-0.2, 0) is 11.3 Å². The summed E-state index contributed by atoms with van der Waals surface area (Å²) in [5.41, 5.74) is 1.32. The maximum absolute atomic E-state index is 12.4. The van der Waals surface area contributed by atoms with Crippen molar-refractivity contribution in [2.45, 2.75) is 31.6 Å². The van der Waals surface area contributed by atoms with E-state index in [0.29, 0.717) is 23.1 Å². The normalized spacial score (nSPS) is 11.7. The molecule has 1 aromatic heterocycles. The molecule has 0 aliphatic carbocycles. The summed E-state index contributed by atoms with van der Waals surface area (Å²) in [5.74, 6) is 0.554. The SMILES string of the molecule is CCn1c(SCC(=O)Nc2cccc(Br)c2)nnc1[C@H](C)NC(=O)c1ccccc1. The number of carbonyl (C=O) groups excluding carboxylic acids is 2. The van der Waals surface area contributed by atoms with Gasteiger partial charge in [0.15, 0.2) is 11.0 Å². The number of nitrogens with one attached hydrogen (secondary N) is 2. The zero-order chi connectivity index (χ0) is 21.5. The first-order valence-electron chi connectivity index (χ1n) is 9.45. The van der Waals surface area contributed by atoms with Gasteiger partial charge in [-0.3, -0.25) is 9.59 Å². The molecule has 7 nitrogen and oxygen atoms in total. The first-order chi connectivity index (χ1) is 14.5. The molecule has 0 aliphatic heterocycles. The van der Waals surface area contributed by atoms with Crippen molar-refractivity contribution < 1.29 is 9.59 Å². The minimum Gasteiger partial charge on any atom is -0.342 e. The molecule has 3 aromatic rings. The van der Waals surface area contributed by atoms with Crippen LogP contribution in [0.25, 0.3) is 0 Å². The van der Waals surface area contributed by atoms with E-state index < -0.39 is 0 Å². The lowest BCUT2D eigenvalue weighted by Gasteiger charge is -2.15. The highest BCUT2D eigenvalue weighted by Gasteiger charge is 2.20. The van der Waals surface area contributed by atoms with Gasteiger partial charge in [0.25, 0.3) is 5.91 Å².